The van der Waals surface area contributed by atoms with Gasteiger partial charge < -0.3 is 26.4 Å². The molecule has 0 saturated heterocycles. The number of nitrogens with zero attached hydrogens (tertiary/aromatic N) is 2. The molecule has 2 aliphatic carbocycles. The van der Waals surface area contributed by atoms with Crippen LogP contribution >= 0.6 is 11.3 Å². The summed E-state index contributed by atoms with van der Waals surface area (Å²) in [6, 6.07) is 1.70. The fourth-order valence-corrected chi connectivity index (χ4v) is 5.55. The largest absolute Gasteiger partial charge is 1.00 e. The van der Waals surface area contributed by atoms with Gasteiger partial charge in [-0.3, -0.25) is 0 Å². The van der Waals surface area contributed by atoms with Crippen LogP contribution in [-0.4, -0.2) is 16.1 Å². The van der Waals surface area contributed by atoms with Crippen LogP contribution in [0.2, 0.25) is 0 Å². The van der Waals surface area contributed by atoms with E-state index in [9.17, 15) is 14.1 Å². The van der Waals surface area contributed by atoms with Crippen molar-refractivity contribution >= 4 is 33.7 Å². The number of amides is 2. The molecule has 2 amide bonds. The zero-order valence-electron chi connectivity index (χ0n) is 17.4. The summed E-state index contributed by atoms with van der Waals surface area (Å²) in [6.07, 6.45) is 7.64. The first kappa shape index (κ1) is 25.5. The van der Waals surface area contributed by atoms with Gasteiger partial charge in [0.2, 0.25) is 0 Å². The number of rotatable bonds is 3. The van der Waals surface area contributed by atoms with Crippen molar-refractivity contribution in [2.45, 2.75) is 62.2 Å². The molecular weight excluding hydrogens is 527 g/mol. The summed E-state index contributed by atoms with van der Waals surface area (Å²) >= 11 is 1.10. The van der Waals surface area contributed by atoms with Gasteiger partial charge in [0.05, 0.1) is 0 Å². The fourth-order valence-electron chi connectivity index (χ4n) is 3.84. The maximum absolute atomic E-state index is 12.5. The van der Waals surface area contributed by atoms with E-state index in [0.717, 1.165) is 55.5 Å². The van der Waals surface area contributed by atoms with E-state index < -0.39 is 22.2 Å². The summed E-state index contributed by atoms with van der Waals surface area (Å²) in [5.74, 6) is 0. The Morgan fingerprint density at radius 2 is 1.79 bits per heavy atom. The van der Waals surface area contributed by atoms with Crippen molar-refractivity contribution in [1.82, 2.24) is 4.98 Å². The number of nitrogens with one attached hydrogen (secondary N) is 1. The number of aromatic nitrogens is 1. The Kier molecular flexibility index (Phi) is 9.04. The number of hydrogen-bond donors (Lipinski definition) is 2. The summed E-state index contributed by atoms with van der Waals surface area (Å²) in [4.78, 5) is 16.5. The average molecular weight is 552 g/mol. The molecule has 1 heterocycles. The van der Waals surface area contributed by atoms with Crippen molar-refractivity contribution in [2.75, 3.05) is 5.32 Å². The quantitative estimate of drug-likeness (QED) is 0.447. The molecule has 9 heteroatoms. The molecule has 0 radical (unpaired) electrons. The van der Waals surface area contributed by atoms with Gasteiger partial charge in [0.1, 0.15) is 10.6 Å². The smallest absolute Gasteiger partial charge is 0.439 e. The van der Waals surface area contributed by atoms with Gasteiger partial charge in [-0.15, -0.1) is 21.9 Å². The van der Waals surface area contributed by atoms with Gasteiger partial charge in [-0.25, -0.2) is 9.78 Å². The Morgan fingerprint density at radius 3 is 2.31 bits per heavy atom. The van der Waals surface area contributed by atoms with Crippen molar-refractivity contribution in [3.8, 4) is 0 Å². The molecule has 0 saturated carbocycles. The molecule has 0 atom stereocenters. The number of aryl methyl sites for hydroxylation is 2. The number of carbonyl (C=O) groups excluding carboxylic acids is 1. The summed E-state index contributed by atoms with van der Waals surface area (Å²) in [5, 5.41) is 13.3. The summed E-state index contributed by atoms with van der Waals surface area (Å²) in [5.41, 5.74) is 4.86. The third-order valence-corrected chi connectivity index (χ3v) is 7.61. The summed E-state index contributed by atoms with van der Waals surface area (Å²) < 4.78 is 16.6. The number of benzene rings is 1. The third kappa shape index (κ3) is 5.56. The van der Waals surface area contributed by atoms with E-state index in [2.05, 4.69) is 20.7 Å². The van der Waals surface area contributed by atoms with E-state index >= 15 is 0 Å². The zero-order chi connectivity index (χ0) is 19.2. The number of fused-ring (bicyclic) bond motifs is 2. The predicted octanol–water partition coefficient (Wildman–Crippen LogP) is 1.54. The summed E-state index contributed by atoms with van der Waals surface area (Å²) in [7, 11) is -1.84. The molecule has 4 rings (SSSR count). The van der Waals surface area contributed by atoms with E-state index in [0.29, 0.717) is 9.22 Å². The van der Waals surface area contributed by atoms with Crippen LogP contribution in [0.5, 0.6) is 0 Å². The molecule has 2 N–H and O–H groups in total. The summed E-state index contributed by atoms with van der Waals surface area (Å²) in [6.45, 7) is 3.22. The Hall–Kier alpha value is 0.282. The van der Waals surface area contributed by atoms with E-state index in [1.165, 1.54) is 28.5 Å². The minimum Gasteiger partial charge on any atom is -0.439 e. The van der Waals surface area contributed by atoms with Gasteiger partial charge in [0.25, 0.3) is 0 Å². The zero-order valence-corrected chi connectivity index (χ0v) is 25.3. The van der Waals surface area contributed by atoms with Crippen LogP contribution in [0.3, 0.4) is 0 Å². The van der Waals surface area contributed by atoms with Crippen LogP contribution in [0.4, 0.5) is 10.5 Å². The van der Waals surface area contributed by atoms with Crippen LogP contribution < -0.4 is 74.2 Å². The van der Waals surface area contributed by atoms with Crippen molar-refractivity contribution in [3.05, 3.63) is 47.0 Å². The number of urea groups is 1. The third-order valence-electron chi connectivity index (χ3n) is 5.05. The van der Waals surface area contributed by atoms with Crippen LogP contribution in [0.25, 0.3) is 0 Å². The molecule has 1 aromatic heterocycles. The molecule has 0 spiro atoms. The Morgan fingerprint density at radius 1 is 1.21 bits per heavy atom. The second-order valence-corrected chi connectivity index (χ2v) is 9.96. The van der Waals surface area contributed by atoms with Gasteiger partial charge in [-0.2, -0.15) is 0 Å². The molecular formula is C20H25CsN3O3S2-. The molecule has 0 unspecified atom stereocenters. The number of carbonyl (C=O) groups is 1. The molecule has 6 nitrogen and oxygen atoms in total. The Bertz CT molecular complexity index is 973. The van der Waals surface area contributed by atoms with Gasteiger partial charge in [0, 0.05) is 11.9 Å². The maximum Gasteiger partial charge on any atom is 1.00 e. The SMILES string of the molecule is CC(C)(O)c1ncc([S-](=O)=NC(=O)Nc2c3c(cc4c2CCC4)CCC3)s1.[CH3-].[Cs+]. The molecule has 1 aromatic carbocycles. The number of hydrogen-bond acceptors (Lipinski definition) is 6. The van der Waals surface area contributed by atoms with Crippen molar-refractivity contribution < 1.29 is 83.0 Å². The number of anilines is 1. The number of thiazole rings is 1. The van der Waals surface area contributed by atoms with E-state index in [1.54, 1.807) is 13.8 Å². The van der Waals surface area contributed by atoms with Gasteiger partial charge in [0.15, 0.2) is 0 Å². The molecule has 29 heavy (non-hydrogen) atoms. The van der Waals surface area contributed by atoms with Crippen molar-refractivity contribution in [1.29, 1.82) is 0 Å². The van der Waals surface area contributed by atoms with E-state index in [1.807, 2.05) is 0 Å². The van der Waals surface area contributed by atoms with Gasteiger partial charge >= 0.3 is 74.9 Å². The van der Waals surface area contributed by atoms with E-state index in [4.69, 9.17) is 0 Å². The van der Waals surface area contributed by atoms with Crippen molar-refractivity contribution in [3.63, 3.8) is 0 Å². The van der Waals surface area contributed by atoms with Crippen molar-refractivity contribution in [2.24, 2.45) is 4.36 Å². The van der Waals surface area contributed by atoms with Crippen LogP contribution in [0.15, 0.2) is 20.8 Å². The van der Waals surface area contributed by atoms with Gasteiger partial charge in [-0.05, 0) is 78.8 Å². The fraction of sp³-hybridized carbons (Fsp3) is 0.450. The first-order valence-corrected chi connectivity index (χ1v) is 11.0. The minimum atomic E-state index is -1.84. The predicted molar refractivity (Wildman–Crippen MR) is 112 cm³/mol. The molecule has 0 aliphatic heterocycles. The average Bonchev–Trinajstić information content (AvgIpc) is 3.33. The topological polar surface area (TPSA) is 91.7 Å². The molecule has 0 fully saturated rings. The normalized spacial score (nSPS) is 15.8. The Labute approximate surface area is 236 Å². The monoisotopic (exact) mass is 552 g/mol. The molecule has 2 aliphatic rings. The van der Waals surface area contributed by atoms with Gasteiger partial charge in [-0.1, -0.05) is 6.07 Å². The van der Waals surface area contributed by atoms with Crippen LogP contribution in [-0.2, 0) is 46.1 Å². The molecule has 2 aromatic rings. The Balaban J connectivity index is 0.00000150. The maximum atomic E-state index is 12.5. The van der Waals surface area contributed by atoms with Crippen LogP contribution in [0, 0.1) is 7.43 Å². The van der Waals surface area contributed by atoms with E-state index in [-0.39, 0.29) is 76.3 Å². The molecule has 152 valence electrons. The molecule has 0 bridgehead atoms. The number of aliphatic hydroxyl groups is 1. The standard InChI is InChI=1S/C19H22N3O3S2.CH3.Cs/c1-19(2,24)17-20-10-15(26-17)27(25)22-18(23)21-16-13-7-3-5-11(13)9-12-6-4-8-14(12)16;;/h9-10,24H,3-8H2,1-2H3,(H,21,23);1H3;/q2*-1;+1. The second kappa shape index (κ2) is 10.3. The first-order chi connectivity index (χ1) is 12.8. The minimum absolute atomic E-state index is 0. The first-order valence-electron chi connectivity index (χ1n) is 9.12. The van der Waals surface area contributed by atoms with Crippen LogP contribution in [0.1, 0.15) is 54.0 Å². The second-order valence-electron chi connectivity index (χ2n) is 7.55.